The Labute approximate surface area is 172 Å². The highest BCUT2D eigenvalue weighted by Gasteiger charge is 2.19. The van der Waals surface area contributed by atoms with Gasteiger partial charge in [-0.05, 0) is 54.1 Å². The number of aryl methyl sites for hydroxylation is 1. The van der Waals surface area contributed by atoms with Gasteiger partial charge in [0.2, 0.25) is 0 Å². The van der Waals surface area contributed by atoms with E-state index in [1.807, 2.05) is 31.2 Å². The molecule has 0 aliphatic rings. The third-order valence-corrected chi connectivity index (χ3v) is 5.99. The van der Waals surface area contributed by atoms with Crippen LogP contribution in [0.3, 0.4) is 0 Å². The van der Waals surface area contributed by atoms with Crippen molar-refractivity contribution in [3.63, 3.8) is 0 Å². The first-order valence-electron chi connectivity index (χ1n) is 9.22. The minimum absolute atomic E-state index is 0.138. The van der Waals surface area contributed by atoms with Crippen molar-refractivity contribution < 1.29 is 14.7 Å². The van der Waals surface area contributed by atoms with Crippen molar-refractivity contribution in [3.05, 3.63) is 99.9 Å². The monoisotopic (exact) mass is 401 g/mol. The average molecular weight is 401 g/mol. The maximum absolute atomic E-state index is 13.1. The zero-order chi connectivity index (χ0) is 20.4. The van der Waals surface area contributed by atoms with Gasteiger partial charge in [0.05, 0.1) is 10.4 Å². The lowest BCUT2D eigenvalue weighted by molar-refractivity contribution is 0.0696. The van der Waals surface area contributed by atoms with Gasteiger partial charge >= 0.3 is 5.97 Å². The fraction of sp³-hybridized carbons (Fsp3) is 0.0833. The van der Waals surface area contributed by atoms with Gasteiger partial charge in [-0.2, -0.15) is 0 Å². The molecule has 1 heterocycles. The molecule has 0 fully saturated rings. The van der Waals surface area contributed by atoms with E-state index in [0.29, 0.717) is 17.0 Å². The average Bonchev–Trinajstić information content (AvgIpc) is 3.08. The maximum atomic E-state index is 13.1. The van der Waals surface area contributed by atoms with Crippen LogP contribution in [-0.4, -0.2) is 17.0 Å². The molecule has 0 atom stereocenters. The zero-order valence-electron chi connectivity index (χ0n) is 15.8. The maximum Gasteiger partial charge on any atom is 0.335 e. The highest BCUT2D eigenvalue weighted by molar-refractivity contribution is 7.21. The predicted molar refractivity (Wildman–Crippen MR) is 117 cm³/mol. The van der Waals surface area contributed by atoms with Gasteiger partial charge in [0, 0.05) is 10.4 Å². The molecule has 4 rings (SSSR count). The quantitative estimate of drug-likeness (QED) is 0.447. The molecule has 144 valence electrons. The fourth-order valence-electron chi connectivity index (χ4n) is 3.29. The summed E-state index contributed by atoms with van der Waals surface area (Å²) in [6.07, 6.45) is 0.655. The Morgan fingerprint density at radius 3 is 2.48 bits per heavy atom. The van der Waals surface area contributed by atoms with Gasteiger partial charge in [0.1, 0.15) is 0 Å². The number of anilines is 1. The van der Waals surface area contributed by atoms with E-state index in [1.54, 1.807) is 12.1 Å². The summed E-state index contributed by atoms with van der Waals surface area (Å²) in [5.41, 5.74) is 3.93. The highest BCUT2D eigenvalue weighted by atomic mass is 32.1. The Bertz CT molecular complexity index is 1210. The molecule has 2 N–H and O–H groups in total. The van der Waals surface area contributed by atoms with E-state index in [9.17, 15) is 14.7 Å². The molecule has 0 aliphatic carbocycles. The van der Waals surface area contributed by atoms with Gasteiger partial charge in [-0.25, -0.2) is 4.79 Å². The van der Waals surface area contributed by atoms with E-state index in [0.717, 1.165) is 21.2 Å². The van der Waals surface area contributed by atoms with Crippen LogP contribution in [-0.2, 0) is 6.42 Å². The molecular weight excluding hydrogens is 382 g/mol. The van der Waals surface area contributed by atoms with Crippen LogP contribution in [0.4, 0.5) is 5.69 Å². The number of nitrogens with one attached hydrogen (secondary N) is 1. The fourth-order valence-corrected chi connectivity index (χ4v) is 4.40. The summed E-state index contributed by atoms with van der Waals surface area (Å²) in [5.74, 6) is -1.25. The Balaban J connectivity index is 1.70. The van der Waals surface area contributed by atoms with Crippen LogP contribution in [0.2, 0.25) is 0 Å². The van der Waals surface area contributed by atoms with Crippen molar-refractivity contribution >= 4 is 39.0 Å². The lowest BCUT2D eigenvalue weighted by Gasteiger charge is -2.08. The lowest BCUT2D eigenvalue weighted by atomic mass is 10.0. The lowest BCUT2D eigenvalue weighted by Crippen LogP contribution is -2.13. The van der Waals surface area contributed by atoms with Crippen LogP contribution in [0.5, 0.6) is 0 Å². The molecular formula is C24H19NO3S. The summed E-state index contributed by atoms with van der Waals surface area (Å²) < 4.78 is 1.05. The number of hydrogen-bond donors (Lipinski definition) is 2. The van der Waals surface area contributed by atoms with Crippen molar-refractivity contribution in [1.82, 2.24) is 0 Å². The minimum Gasteiger partial charge on any atom is -0.478 e. The molecule has 0 unspecified atom stereocenters. The first kappa shape index (κ1) is 18.9. The van der Waals surface area contributed by atoms with Crippen LogP contribution in [0.25, 0.3) is 10.1 Å². The minimum atomic E-state index is -1.02. The molecule has 4 aromatic rings. The molecule has 5 heteroatoms. The molecule has 0 saturated heterocycles. The van der Waals surface area contributed by atoms with Crippen LogP contribution in [0.1, 0.15) is 36.7 Å². The second-order valence-electron chi connectivity index (χ2n) is 6.91. The highest BCUT2D eigenvalue weighted by Crippen LogP contribution is 2.33. The second kappa shape index (κ2) is 7.89. The molecule has 29 heavy (non-hydrogen) atoms. The number of benzene rings is 3. The Morgan fingerprint density at radius 2 is 1.72 bits per heavy atom. The number of carbonyl (C=O) groups excluding carboxylic acids is 1. The van der Waals surface area contributed by atoms with Gasteiger partial charge in [0.15, 0.2) is 0 Å². The first-order valence-corrected chi connectivity index (χ1v) is 10.0. The standard InChI is InChI=1S/C24H19NO3S/c1-15-9-11-16(12-10-15)13-20-19-7-2-3-8-21(19)29-22(20)23(26)25-18-6-4-5-17(14-18)24(27)28/h2-12,14H,13H2,1H3,(H,25,26)(H,27,28). The van der Waals surface area contributed by atoms with Crippen LogP contribution < -0.4 is 5.32 Å². The number of amides is 1. The van der Waals surface area contributed by atoms with E-state index in [-0.39, 0.29) is 11.5 Å². The second-order valence-corrected chi connectivity index (χ2v) is 7.96. The summed E-state index contributed by atoms with van der Waals surface area (Å²) in [4.78, 5) is 24.9. The molecule has 3 aromatic carbocycles. The van der Waals surface area contributed by atoms with E-state index < -0.39 is 5.97 Å². The first-order chi connectivity index (χ1) is 14.0. The van der Waals surface area contributed by atoms with Gasteiger partial charge < -0.3 is 10.4 Å². The normalized spacial score (nSPS) is 10.8. The summed E-state index contributed by atoms with van der Waals surface area (Å²) in [5, 5.41) is 13.1. The molecule has 0 saturated carbocycles. The molecule has 1 aromatic heterocycles. The van der Waals surface area contributed by atoms with E-state index in [2.05, 4.69) is 29.6 Å². The Kier molecular flexibility index (Phi) is 5.14. The molecule has 0 bridgehead atoms. The Hall–Kier alpha value is -3.44. The van der Waals surface area contributed by atoms with Gasteiger partial charge in [-0.1, -0.05) is 54.1 Å². The molecule has 0 aliphatic heterocycles. The van der Waals surface area contributed by atoms with Crippen LogP contribution >= 0.6 is 11.3 Å². The number of fused-ring (bicyclic) bond motifs is 1. The number of carboxylic acids is 1. The summed E-state index contributed by atoms with van der Waals surface area (Å²) in [6, 6.07) is 22.6. The number of hydrogen-bond acceptors (Lipinski definition) is 3. The predicted octanol–water partition coefficient (Wildman–Crippen LogP) is 5.75. The van der Waals surface area contributed by atoms with Crippen molar-refractivity contribution in [2.75, 3.05) is 5.32 Å². The number of rotatable bonds is 5. The summed E-state index contributed by atoms with van der Waals surface area (Å²) >= 11 is 1.46. The van der Waals surface area contributed by atoms with Crippen LogP contribution in [0, 0.1) is 6.92 Å². The number of aromatic carboxylic acids is 1. The topological polar surface area (TPSA) is 66.4 Å². The largest absolute Gasteiger partial charge is 0.478 e. The molecule has 1 amide bonds. The molecule has 0 radical (unpaired) electrons. The van der Waals surface area contributed by atoms with E-state index >= 15 is 0 Å². The number of carboxylic acid groups (broad SMARTS) is 1. The molecule has 0 spiro atoms. The van der Waals surface area contributed by atoms with Gasteiger partial charge in [0.25, 0.3) is 5.91 Å². The van der Waals surface area contributed by atoms with Gasteiger partial charge in [-0.15, -0.1) is 11.3 Å². The van der Waals surface area contributed by atoms with E-state index in [1.165, 1.54) is 29.0 Å². The van der Waals surface area contributed by atoms with Gasteiger partial charge in [-0.3, -0.25) is 4.79 Å². The Morgan fingerprint density at radius 1 is 0.966 bits per heavy atom. The van der Waals surface area contributed by atoms with Crippen molar-refractivity contribution in [2.45, 2.75) is 13.3 Å². The zero-order valence-corrected chi connectivity index (χ0v) is 16.6. The van der Waals surface area contributed by atoms with Crippen molar-refractivity contribution in [3.8, 4) is 0 Å². The third kappa shape index (κ3) is 4.05. The SMILES string of the molecule is Cc1ccc(Cc2c(C(=O)Nc3cccc(C(=O)O)c3)sc3ccccc23)cc1. The number of carbonyl (C=O) groups is 2. The third-order valence-electron chi connectivity index (χ3n) is 4.77. The smallest absolute Gasteiger partial charge is 0.335 e. The summed E-state index contributed by atoms with van der Waals surface area (Å²) in [7, 11) is 0. The molecule has 4 nitrogen and oxygen atoms in total. The number of thiophene rings is 1. The summed E-state index contributed by atoms with van der Waals surface area (Å²) in [6.45, 7) is 2.05. The van der Waals surface area contributed by atoms with Crippen molar-refractivity contribution in [2.24, 2.45) is 0 Å². The van der Waals surface area contributed by atoms with Crippen molar-refractivity contribution in [1.29, 1.82) is 0 Å². The van der Waals surface area contributed by atoms with Crippen LogP contribution in [0.15, 0.2) is 72.8 Å². The van der Waals surface area contributed by atoms with E-state index in [4.69, 9.17) is 0 Å².